The number of aryl methyl sites for hydroxylation is 2. The average Bonchev–Trinajstić information content (AvgIpc) is 2.45. The van der Waals surface area contributed by atoms with E-state index in [2.05, 4.69) is 19.2 Å². The fraction of sp³-hybridized carbons (Fsp3) is 0.611. The van der Waals surface area contributed by atoms with Gasteiger partial charge in [0.1, 0.15) is 0 Å². The molecule has 0 saturated heterocycles. The van der Waals surface area contributed by atoms with Crippen LogP contribution in [0.2, 0.25) is 0 Å². The Balaban J connectivity index is 2.72. The van der Waals surface area contributed by atoms with Gasteiger partial charge >= 0.3 is 0 Å². The standard InChI is InChI=1S/C18H30N2O3S/c1-13(2)16(5)19-18(21)8-7-11-20(24(6,22)23)17-10-9-14(3)15(4)12-17/h9-10,12-13,16H,7-8,11H2,1-6H3,(H,19,21). The van der Waals surface area contributed by atoms with Crippen molar-refractivity contribution in [2.24, 2.45) is 5.92 Å². The van der Waals surface area contributed by atoms with Crippen LogP contribution in [0.5, 0.6) is 0 Å². The highest BCUT2D eigenvalue weighted by Gasteiger charge is 2.18. The first-order valence-electron chi connectivity index (χ1n) is 8.36. The van der Waals surface area contributed by atoms with Crippen LogP contribution in [0.4, 0.5) is 5.69 Å². The largest absolute Gasteiger partial charge is 0.353 e. The van der Waals surface area contributed by atoms with Crippen molar-refractivity contribution in [1.82, 2.24) is 5.32 Å². The molecule has 136 valence electrons. The predicted molar refractivity (Wildman–Crippen MR) is 99.8 cm³/mol. The topological polar surface area (TPSA) is 66.5 Å². The number of rotatable bonds is 8. The first-order chi connectivity index (χ1) is 11.0. The molecule has 0 radical (unpaired) electrons. The lowest BCUT2D eigenvalue weighted by Crippen LogP contribution is -2.37. The summed E-state index contributed by atoms with van der Waals surface area (Å²) < 4.78 is 25.6. The van der Waals surface area contributed by atoms with Crippen molar-refractivity contribution < 1.29 is 13.2 Å². The number of nitrogens with one attached hydrogen (secondary N) is 1. The van der Waals surface area contributed by atoms with E-state index in [0.29, 0.717) is 31.0 Å². The van der Waals surface area contributed by atoms with Gasteiger partial charge in [0, 0.05) is 19.0 Å². The van der Waals surface area contributed by atoms with Gasteiger partial charge in [0.2, 0.25) is 15.9 Å². The van der Waals surface area contributed by atoms with E-state index in [1.807, 2.05) is 39.0 Å². The van der Waals surface area contributed by atoms with Crippen molar-refractivity contribution in [1.29, 1.82) is 0 Å². The van der Waals surface area contributed by atoms with Crippen LogP contribution in [-0.2, 0) is 14.8 Å². The molecule has 1 amide bonds. The monoisotopic (exact) mass is 354 g/mol. The minimum absolute atomic E-state index is 0.0373. The van der Waals surface area contributed by atoms with Gasteiger partial charge in [-0.3, -0.25) is 9.10 Å². The lowest BCUT2D eigenvalue weighted by Gasteiger charge is -2.23. The van der Waals surface area contributed by atoms with Crippen molar-refractivity contribution in [3.8, 4) is 0 Å². The van der Waals surface area contributed by atoms with Gasteiger partial charge in [-0.05, 0) is 56.4 Å². The van der Waals surface area contributed by atoms with E-state index in [4.69, 9.17) is 0 Å². The molecule has 0 spiro atoms. The molecule has 0 aliphatic heterocycles. The van der Waals surface area contributed by atoms with Gasteiger partial charge in [0.05, 0.1) is 11.9 Å². The molecule has 1 unspecified atom stereocenters. The van der Waals surface area contributed by atoms with Gasteiger partial charge in [-0.1, -0.05) is 19.9 Å². The molecule has 1 rings (SSSR count). The molecule has 0 saturated carbocycles. The molecule has 24 heavy (non-hydrogen) atoms. The minimum Gasteiger partial charge on any atom is -0.353 e. The van der Waals surface area contributed by atoms with Crippen molar-refractivity contribution in [3.63, 3.8) is 0 Å². The van der Waals surface area contributed by atoms with E-state index in [9.17, 15) is 13.2 Å². The van der Waals surface area contributed by atoms with Crippen LogP contribution >= 0.6 is 0 Å². The molecule has 0 aliphatic rings. The quantitative estimate of drug-likeness (QED) is 0.780. The Morgan fingerprint density at radius 3 is 2.29 bits per heavy atom. The van der Waals surface area contributed by atoms with Crippen LogP contribution in [0.1, 0.15) is 44.7 Å². The second-order valence-electron chi connectivity index (χ2n) is 6.81. The van der Waals surface area contributed by atoms with Gasteiger partial charge in [-0.2, -0.15) is 0 Å². The number of anilines is 1. The number of benzene rings is 1. The zero-order valence-electron chi connectivity index (χ0n) is 15.6. The molecular formula is C18H30N2O3S. The summed E-state index contributed by atoms with van der Waals surface area (Å²) in [5.41, 5.74) is 2.82. The number of nitrogens with zero attached hydrogens (tertiary/aromatic N) is 1. The van der Waals surface area contributed by atoms with Crippen LogP contribution in [0, 0.1) is 19.8 Å². The smallest absolute Gasteiger partial charge is 0.232 e. The second-order valence-corrected chi connectivity index (χ2v) is 8.71. The molecule has 0 bridgehead atoms. The molecule has 1 atom stereocenters. The van der Waals surface area contributed by atoms with E-state index >= 15 is 0 Å². The van der Waals surface area contributed by atoms with Gasteiger partial charge in [-0.15, -0.1) is 0 Å². The maximum atomic E-state index is 12.1. The average molecular weight is 355 g/mol. The van der Waals surface area contributed by atoms with Crippen LogP contribution in [-0.4, -0.2) is 33.2 Å². The number of hydrogen-bond acceptors (Lipinski definition) is 3. The number of amides is 1. The third-order valence-corrected chi connectivity index (χ3v) is 5.53. The Morgan fingerprint density at radius 2 is 1.79 bits per heavy atom. The highest BCUT2D eigenvalue weighted by atomic mass is 32.2. The highest BCUT2D eigenvalue weighted by molar-refractivity contribution is 7.92. The molecule has 1 aromatic rings. The number of carbonyl (C=O) groups is 1. The summed E-state index contributed by atoms with van der Waals surface area (Å²) >= 11 is 0. The second kappa shape index (κ2) is 8.51. The van der Waals surface area contributed by atoms with E-state index in [0.717, 1.165) is 11.1 Å². The zero-order chi connectivity index (χ0) is 18.5. The summed E-state index contributed by atoms with van der Waals surface area (Å²) in [6.07, 6.45) is 1.99. The Bertz CT molecular complexity index is 669. The Kier molecular flexibility index (Phi) is 7.27. The zero-order valence-corrected chi connectivity index (χ0v) is 16.4. The molecule has 5 nitrogen and oxygen atoms in total. The van der Waals surface area contributed by atoms with Crippen LogP contribution in [0.15, 0.2) is 18.2 Å². The Hall–Kier alpha value is -1.56. The summed E-state index contributed by atoms with van der Waals surface area (Å²) in [5.74, 6) is 0.335. The molecule has 1 N–H and O–H groups in total. The predicted octanol–water partition coefficient (Wildman–Crippen LogP) is 3.01. The van der Waals surface area contributed by atoms with Gasteiger partial charge in [0.15, 0.2) is 0 Å². The van der Waals surface area contributed by atoms with Gasteiger partial charge in [-0.25, -0.2) is 8.42 Å². The summed E-state index contributed by atoms with van der Waals surface area (Å²) in [5, 5.41) is 2.94. The normalized spacial score (nSPS) is 13.0. The lowest BCUT2D eigenvalue weighted by molar-refractivity contribution is -0.122. The first kappa shape index (κ1) is 20.5. The Morgan fingerprint density at radius 1 is 1.17 bits per heavy atom. The molecule has 0 heterocycles. The SMILES string of the molecule is Cc1ccc(N(CCCC(=O)NC(C)C(C)C)S(C)(=O)=O)cc1C. The first-order valence-corrected chi connectivity index (χ1v) is 10.2. The molecular weight excluding hydrogens is 324 g/mol. The fourth-order valence-electron chi connectivity index (χ4n) is 2.24. The van der Waals surface area contributed by atoms with E-state index in [1.54, 1.807) is 0 Å². The summed E-state index contributed by atoms with van der Waals surface area (Å²) in [7, 11) is -3.38. The summed E-state index contributed by atoms with van der Waals surface area (Å²) in [6.45, 7) is 10.3. The van der Waals surface area contributed by atoms with Gasteiger partial charge < -0.3 is 5.32 Å². The van der Waals surface area contributed by atoms with Crippen molar-refractivity contribution in [2.75, 3.05) is 17.1 Å². The van der Waals surface area contributed by atoms with E-state index in [1.165, 1.54) is 10.6 Å². The fourth-order valence-corrected chi connectivity index (χ4v) is 3.20. The van der Waals surface area contributed by atoms with Crippen LogP contribution in [0.25, 0.3) is 0 Å². The van der Waals surface area contributed by atoms with Crippen LogP contribution in [0.3, 0.4) is 0 Å². The minimum atomic E-state index is -3.38. The molecule has 0 aromatic heterocycles. The maximum Gasteiger partial charge on any atom is 0.232 e. The number of carbonyl (C=O) groups excluding carboxylic acids is 1. The lowest BCUT2D eigenvalue weighted by atomic mass is 10.1. The maximum absolute atomic E-state index is 12.1. The third kappa shape index (κ3) is 6.15. The summed E-state index contributed by atoms with van der Waals surface area (Å²) in [4.78, 5) is 11.9. The Labute approximate surface area is 146 Å². The molecule has 1 aromatic carbocycles. The van der Waals surface area contributed by atoms with Crippen molar-refractivity contribution in [2.45, 2.75) is 53.5 Å². The van der Waals surface area contributed by atoms with Crippen molar-refractivity contribution in [3.05, 3.63) is 29.3 Å². The summed E-state index contributed by atoms with van der Waals surface area (Å²) in [6, 6.07) is 5.71. The van der Waals surface area contributed by atoms with E-state index in [-0.39, 0.29) is 11.9 Å². The molecule has 0 aliphatic carbocycles. The number of sulfonamides is 1. The number of hydrogen-bond donors (Lipinski definition) is 1. The highest BCUT2D eigenvalue weighted by Crippen LogP contribution is 2.21. The van der Waals surface area contributed by atoms with Crippen LogP contribution < -0.4 is 9.62 Å². The molecule has 0 fully saturated rings. The molecule has 6 heteroatoms. The van der Waals surface area contributed by atoms with E-state index < -0.39 is 10.0 Å². The van der Waals surface area contributed by atoms with Crippen molar-refractivity contribution >= 4 is 21.6 Å². The van der Waals surface area contributed by atoms with Gasteiger partial charge in [0.25, 0.3) is 0 Å². The third-order valence-electron chi connectivity index (χ3n) is 4.33.